The minimum atomic E-state index is -3.01. The Morgan fingerprint density at radius 1 is 1.41 bits per heavy atom. The molecule has 94 valence electrons. The van der Waals surface area contributed by atoms with E-state index in [9.17, 15) is 13.6 Å². The van der Waals surface area contributed by atoms with Gasteiger partial charge >= 0.3 is 12.3 Å². The van der Waals surface area contributed by atoms with Crippen LogP contribution in [0.1, 0.15) is 10.6 Å². The number of furan rings is 1. The van der Waals surface area contributed by atoms with E-state index in [1.807, 2.05) is 5.32 Å². The van der Waals surface area contributed by atoms with Crippen LogP contribution in [0.5, 0.6) is 0 Å². The monoisotopic (exact) mass is 267 g/mol. The van der Waals surface area contributed by atoms with Crippen molar-refractivity contribution in [3.05, 3.63) is 23.1 Å². The molecule has 2 rings (SSSR count). The van der Waals surface area contributed by atoms with Crippen molar-refractivity contribution in [2.24, 2.45) is 0 Å². The third kappa shape index (κ3) is 2.41. The molecule has 1 amide bonds. The summed E-state index contributed by atoms with van der Waals surface area (Å²) in [6.45, 7) is -0.0485. The summed E-state index contributed by atoms with van der Waals surface area (Å²) in [4.78, 5) is 11.6. The summed E-state index contributed by atoms with van der Waals surface area (Å²) in [6, 6.07) is 2.58. The standard InChI is InChI=1S/C9H8ClF2NO4/c10-6-2-1-5(17-6)7(14)13-9(8(11)12)15-3-4-16-9/h1-2,8H,3-4H2,(H,13,14). The summed E-state index contributed by atoms with van der Waals surface area (Å²) in [5.41, 5.74) is 0. The lowest BCUT2D eigenvalue weighted by molar-refractivity contribution is -0.246. The highest BCUT2D eigenvalue weighted by Crippen LogP contribution is 2.25. The van der Waals surface area contributed by atoms with Gasteiger partial charge in [-0.1, -0.05) is 0 Å². The lowest BCUT2D eigenvalue weighted by Crippen LogP contribution is -2.54. The molecular formula is C9H8ClF2NO4. The summed E-state index contributed by atoms with van der Waals surface area (Å²) in [7, 11) is 0. The van der Waals surface area contributed by atoms with Crippen molar-refractivity contribution in [3.8, 4) is 0 Å². The second-order valence-corrected chi connectivity index (χ2v) is 3.60. The second-order valence-electron chi connectivity index (χ2n) is 3.22. The van der Waals surface area contributed by atoms with Gasteiger partial charge in [0.15, 0.2) is 11.0 Å². The molecule has 0 atom stereocenters. The van der Waals surface area contributed by atoms with Gasteiger partial charge in [-0.3, -0.25) is 10.1 Å². The number of hydrogen-bond acceptors (Lipinski definition) is 4. The zero-order valence-electron chi connectivity index (χ0n) is 8.41. The van der Waals surface area contributed by atoms with Crippen LogP contribution in [-0.4, -0.2) is 31.5 Å². The smallest absolute Gasteiger partial charge is 0.316 e. The van der Waals surface area contributed by atoms with E-state index in [-0.39, 0.29) is 24.2 Å². The number of rotatable bonds is 3. The zero-order chi connectivity index (χ0) is 12.5. The van der Waals surface area contributed by atoms with Crippen LogP contribution in [0.25, 0.3) is 0 Å². The number of carbonyl (C=O) groups excluding carboxylic acids is 1. The Labute approximate surface area is 99.6 Å². The van der Waals surface area contributed by atoms with Gasteiger partial charge in [0.2, 0.25) is 0 Å². The van der Waals surface area contributed by atoms with Crippen LogP contribution in [0.15, 0.2) is 16.5 Å². The zero-order valence-corrected chi connectivity index (χ0v) is 9.17. The van der Waals surface area contributed by atoms with Gasteiger partial charge in [0.25, 0.3) is 5.91 Å². The lowest BCUT2D eigenvalue weighted by atomic mass is 10.4. The van der Waals surface area contributed by atoms with Crippen molar-refractivity contribution in [2.45, 2.75) is 12.3 Å². The molecule has 0 saturated carbocycles. The fraction of sp³-hybridized carbons (Fsp3) is 0.444. The average Bonchev–Trinajstić information content (AvgIpc) is 2.87. The third-order valence-electron chi connectivity index (χ3n) is 2.09. The van der Waals surface area contributed by atoms with Gasteiger partial charge < -0.3 is 13.9 Å². The van der Waals surface area contributed by atoms with Gasteiger partial charge in [-0.25, -0.2) is 8.78 Å². The number of hydrogen-bond donors (Lipinski definition) is 1. The molecular weight excluding hydrogens is 260 g/mol. The number of amides is 1. The molecule has 5 nitrogen and oxygen atoms in total. The van der Waals surface area contributed by atoms with Crippen molar-refractivity contribution >= 4 is 17.5 Å². The summed E-state index contributed by atoms with van der Waals surface area (Å²) in [5.74, 6) is -3.50. The minimum absolute atomic E-state index is 0.0190. The topological polar surface area (TPSA) is 60.7 Å². The number of nitrogens with one attached hydrogen (secondary N) is 1. The molecule has 0 radical (unpaired) electrons. The fourth-order valence-corrected chi connectivity index (χ4v) is 1.48. The van der Waals surface area contributed by atoms with E-state index in [0.717, 1.165) is 0 Å². The molecule has 1 saturated heterocycles. The molecule has 8 heteroatoms. The number of alkyl halides is 2. The molecule has 1 aliphatic rings. The molecule has 0 aliphatic carbocycles. The molecule has 0 spiro atoms. The summed E-state index contributed by atoms with van der Waals surface area (Å²) in [5, 5.41) is 1.92. The third-order valence-corrected chi connectivity index (χ3v) is 2.29. The molecule has 0 bridgehead atoms. The van der Waals surface area contributed by atoms with E-state index in [0.29, 0.717) is 0 Å². The average molecular weight is 268 g/mol. The normalized spacial score (nSPS) is 18.6. The van der Waals surface area contributed by atoms with Crippen LogP contribution in [0, 0.1) is 0 Å². The summed E-state index contributed by atoms with van der Waals surface area (Å²) in [6.07, 6.45) is -3.01. The quantitative estimate of drug-likeness (QED) is 0.904. The van der Waals surface area contributed by atoms with Crippen LogP contribution in [-0.2, 0) is 9.47 Å². The highest BCUT2D eigenvalue weighted by molar-refractivity contribution is 6.29. The Kier molecular flexibility index (Phi) is 3.32. The fourth-order valence-electron chi connectivity index (χ4n) is 1.34. The van der Waals surface area contributed by atoms with Gasteiger partial charge in [0.05, 0.1) is 13.2 Å². The van der Waals surface area contributed by atoms with E-state index in [4.69, 9.17) is 25.5 Å². The maximum atomic E-state index is 12.8. The van der Waals surface area contributed by atoms with Gasteiger partial charge in [-0.15, -0.1) is 0 Å². The number of halogens is 3. The van der Waals surface area contributed by atoms with Gasteiger partial charge in [-0.05, 0) is 23.7 Å². The van der Waals surface area contributed by atoms with Gasteiger partial charge in [0, 0.05) is 0 Å². The molecule has 1 aromatic heterocycles. The summed E-state index contributed by atoms with van der Waals surface area (Å²) >= 11 is 5.46. The van der Waals surface area contributed by atoms with Gasteiger partial charge in [0.1, 0.15) is 0 Å². The molecule has 0 aromatic carbocycles. The first-order valence-electron chi connectivity index (χ1n) is 4.67. The largest absolute Gasteiger partial charge is 0.440 e. The van der Waals surface area contributed by atoms with Crippen LogP contribution in [0.3, 0.4) is 0 Å². The van der Waals surface area contributed by atoms with Crippen LogP contribution >= 0.6 is 11.6 Å². The number of carbonyl (C=O) groups is 1. The Hall–Kier alpha value is -1.18. The first-order chi connectivity index (χ1) is 8.03. The second kappa shape index (κ2) is 4.59. The van der Waals surface area contributed by atoms with Crippen LogP contribution < -0.4 is 5.32 Å². The van der Waals surface area contributed by atoms with Crippen LogP contribution in [0.4, 0.5) is 8.78 Å². The first-order valence-corrected chi connectivity index (χ1v) is 5.05. The minimum Gasteiger partial charge on any atom is -0.440 e. The van der Waals surface area contributed by atoms with Crippen molar-refractivity contribution in [1.82, 2.24) is 5.32 Å². The Bertz CT molecular complexity index is 417. The van der Waals surface area contributed by atoms with E-state index in [2.05, 4.69) is 0 Å². The predicted octanol–water partition coefficient (Wildman–Crippen LogP) is 1.63. The van der Waals surface area contributed by atoms with E-state index >= 15 is 0 Å². The SMILES string of the molecule is O=C(NC1(C(F)F)OCCO1)c1ccc(Cl)o1. The Morgan fingerprint density at radius 3 is 2.53 bits per heavy atom. The first kappa shape index (κ1) is 12.3. The van der Waals surface area contributed by atoms with Crippen molar-refractivity contribution < 1.29 is 27.5 Å². The predicted molar refractivity (Wildman–Crippen MR) is 51.8 cm³/mol. The van der Waals surface area contributed by atoms with E-state index in [1.165, 1.54) is 12.1 Å². The molecule has 17 heavy (non-hydrogen) atoms. The Morgan fingerprint density at radius 2 is 2.06 bits per heavy atom. The maximum absolute atomic E-state index is 12.8. The highest BCUT2D eigenvalue weighted by Gasteiger charge is 2.48. The summed E-state index contributed by atoms with van der Waals surface area (Å²) < 4.78 is 39.7. The van der Waals surface area contributed by atoms with Crippen molar-refractivity contribution in [1.29, 1.82) is 0 Å². The lowest BCUT2D eigenvalue weighted by Gasteiger charge is -2.26. The van der Waals surface area contributed by atoms with Gasteiger partial charge in [-0.2, -0.15) is 0 Å². The molecule has 0 unspecified atom stereocenters. The molecule has 1 aromatic rings. The molecule has 1 aliphatic heterocycles. The van der Waals surface area contributed by atoms with E-state index in [1.54, 1.807) is 0 Å². The molecule has 2 heterocycles. The highest BCUT2D eigenvalue weighted by atomic mass is 35.5. The van der Waals surface area contributed by atoms with E-state index < -0.39 is 18.2 Å². The molecule has 1 fully saturated rings. The van der Waals surface area contributed by atoms with Crippen LogP contribution in [0.2, 0.25) is 5.22 Å². The maximum Gasteiger partial charge on any atom is 0.316 e. The van der Waals surface area contributed by atoms with Crippen molar-refractivity contribution in [2.75, 3.05) is 13.2 Å². The Balaban J connectivity index is 2.11. The number of ether oxygens (including phenoxy) is 2. The van der Waals surface area contributed by atoms with Crippen molar-refractivity contribution in [3.63, 3.8) is 0 Å². The molecule has 1 N–H and O–H groups in total.